The second kappa shape index (κ2) is 4.21. The van der Waals surface area contributed by atoms with Crippen LogP contribution >= 0.6 is 0 Å². The number of aromatic nitrogens is 1. The smallest absolute Gasteiger partial charge is 0.221 e. The van der Waals surface area contributed by atoms with Crippen molar-refractivity contribution in [1.29, 1.82) is 5.26 Å². The maximum Gasteiger partial charge on any atom is 0.221 e. The van der Waals surface area contributed by atoms with Crippen LogP contribution in [0.2, 0.25) is 0 Å². The predicted octanol–water partition coefficient (Wildman–Crippen LogP) is 0.185. The van der Waals surface area contributed by atoms with Crippen molar-refractivity contribution in [1.82, 2.24) is 4.98 Å². The van der Waals surface area contributed by atoms with Crippen molar-refractivity contribution in [3.05, 3.63) is 36.0 Å². The first-order valence-corrected chi connectivity index (χ1v) is 3.68. The molecular weight excluding hydrogens is 166 g/mol. The average molecular weight is 174 g/mol. The van der Waals surface area contributed by atoms with Gasteiger partial charge in [0.05, 0.1) is 18.2 Å². The van der Waals surface area contributed by atoms with E-state index in [4.69, 9.17) is 11.0 Å². The van der Waals surface area contributed by atoms with Crippen LogP contribution in [0.25, 0.3) is 0 Å². The van der Waals surface area contributed by atoms with Crippen LogP contribution in [0.4, 0.5) is 0 Å². The molecule has 1 radical (unpaired) electrons. The molecule has 0 atom stereocenters. The first-order chi connectivity index (χ1) is 6.22. The van der Waals surface area contributed by atoms with E-state index in [0.717, 1.165) is 5.56 Å². The molecule has 1 aromatic heterocycles. The number of carbonyl (C=O) groups is 1. The minimum atomic E-state index is -0.390. The summed E-state index contributed by atoms with van der Waals surface area (Å²) in [5, 5.41) is 8.31. The number of pyridine rings is 1. The summed E-state index contributed by atoms with van der Waals surface area (Å²) in [7, 11) is 0. The Morgan fingerprint density at radius 3 is 2.92 bits per heavy atom. The Morgan fingerprint density at radius 2 is 2.46 bits per heavy atom. The summed E-state index contributed by atoms with van der Waals surface area (Å²) in [6.07, 6.45) is 3.04. The van der Waals surface area contributed by atoms with E-state index in [0.29, 0.717) is 5.69 Å². The quantitative estimate of drug-likeness (QED) is 0.710. The Labute approximate surface area is 76.0 Å². The van der Waals surface area contributed by atoms with Crippen LogP contribution in [0.5, 0.6) is 0 Å². The standard InChI is InChI=1S/C9H8N3O/c10-4-3-8-2-1-7(6-12-8)5-9(11)13/h1-3,6H,5H2,(H2,11,13). The molecule has 1 amide bonds. The van der Waals surface area contributed by atoms with Crippen LogP contribution in [0.1, 0.15) is 11.3 Å². The van der Waals surface area contributed by atoms with Crippen LogP contribution in [0, 0.1) is 17.8 Å². The minimum absolute atomic E-state index is 0.180. The molecule has 4 heteroatoms. The molecule has 1 heterocycles. The molecule has 0 aromatic carbocycles. The number of hydrogen-bond donors (Lipinski definition) is 1. The normalized spacial score (nSPS) is 9.15. The molecular formula is C9H8N3O. The van der Waals surface area contributed by atoms with E-state index in [1.54, 1.807) is 12.1 Å². The second-order valence-corrected chi connectivity index (χ2v) is 2.51. The summed E-state index contributed by atoms with van der Waals surface area (Å²) < 4.78 is 0. The van der Waals surface area contributed by atoms with Crippen molar-refractivity contribution in [2.24, 2.45) is 5.73 Å². The van der Waals surface area contributed by atoms with Gasteiger partial charge in [0.15, 0.2) is 0 Å². The fraction of sp³-hybridized carbons (Fsp3) is 0.111. The first-order valence-electron chi connectivity index (χ1n) is 3.68. The molecule has 0 aliphatic rings. The first kappa shape index (κ1) is 9.20. The predicted molar refractivity (Wildman–Crippen MR) is 46.2 cm³/mol. The number of hydrogen-bond acceptors (Lipinski definition) is 3. The van der Waals surface area contributed by atoms with E-state index in [9.17, 15) is 4.79 Å². The number of nitrogens with zero attached hydrogens (tertiary/aromatic N) is 2. The van der Waals surface area contributed by atoms with E-state index < -0.39 is 0 Å². The highest BCUT2D eigenvalue weighted by Crippen LogP contribution is 2.02. The number of amides is 1. The van der Waals surface area contributed by atoms with Crippen molar-refractivity contribution >= 4 is 5.91 Å². The van der Waals surface area contributed by atoms with Gasteiger partial charge >= 0.3 is 0 Å². The van der Waals surface area contributed by atoms with Gasteiger partial charge in [0.2, 0.25) is 5.91 Å². The van der Waals surface area contributed by atoms with Gasteiger partial charge in [-0.25, -0.2) is 0 Å². The van der Waals surface area contributed by atoms with Crippen molar-refractivity contribution < 1.29 is 4.79 Å². The highest BCUT2D eigenvalue weighted by atomic mass is 16.1. The summed E-state index contributed by atoms with van der Waals surface area (Å²) in [6, 6.07) is 5.26. The Kier molecular flexibility index (Phi) is 2.98. The molecule has 0 aliphatic heterocycles. The lowest BCUT2D eigenvalue weighted by Crippen LogP contribution is -2.13. The third-order valence-corrected chi connectivity index (χ3v) is 1.44. The second-order valence-electron chi connectivity index (χ2n) is 2.51. The van der Waals surface area contributed by atoms with Gasteiger partial charge in [-0.1, -0.05) is 6.07 Å². The number of nitriles is 1. The van der Waals surface area contributed by atoms with Gasteiger partial charge in [0.25, 0.3) is 0 Å². The zero-order valence-corrected chi connectivity index (χ0v) is 6.90. The minimum Gasteiger partial charge on any atom is -0.369 e. The fourth-order valence-corrected chi connectivity index (χ4v) is 0.893. The molecule has 4 nitrogen and oxygen atoms in total. The maximum atomic E-state index is 10.5. The highest BCUT2D eigenvalue weighted by molar-refractivity contribution is 5.76. The van der Waals surface area contributed by atoms with E-state index in [1.807, 2.05) is 6.07 Å². The Bertz CT molecular complexity index is 337. The van der Waals surface area contributed by atoms with Crippen LogP contribution in [-0.2, 0) is 11.2 Å². The molecule has 0 unspecified atom stereocenters. The Balaban J connectivity index is 2.70. The molecule has 2 N–H and O–H groups in total. The van der Waals surface area contributed by atoms with Crippen LogP contribution in [-0.4, -0.2) is 10.9 Å². The molecule has 0 saturated carbocycles. The third kappa shape index (κ3) is 2.91. The van der Waals surface area contributed by atoms with Crippen molar-refractivity contribution in [2.75, 3.05) is 0 Å². The maximum absolute atomic E-state index is 10.5. The topological polar surface area (TPSA) is 79.8 Å². The molecule has 0 aliphatic carbocycles. The van der Waals surface area contributed by atoms with Gasteiger partial charge in [-0.3, -0.25) is 9.78 Å². The Hall–Kier alpha value is -1.89. The van der Waals surface area contributed by atoms with Crippen molar-refractivity contribution in [2.45, 2.75) is 6.42 Å². The van der Waals surface area contributed by atoms with E-state index in [-0.39, 0.29) is 12.3 Å². The van der Waals surface area contributed by atoms with Gasteiger partial charge in [-0.2, -0.15) is 5.26 Å². The summed E-state index contributed by atoms with van der Waals surface area (Å²) >= 11 is 0. The van der Waals surface area contributed by atoms with Crippen LogP contribution < -0.4 is 5.73 Å². The van der Waals surface area contributed by atoms with Crippen molar-refractivity contribution in [3.63, 3.8) is 0 Å². The van der Waals surface area contributed by atoms with Gasteiger partial charge < -0.3 is 5.73 Å². The number of primary amides is 1. The van der Waals surface area contributed by atoms with Gasteiger partial charge in [-0.15, -0.1) is 0 Å². The molecule has 13 heavy (non-hydrogen) atoms. The lowest BCUT2D eigenvalue weighted by Gasteiger charge is -1.97. The molecule has 1 rings (SSSR count). The summed E-state index contributed by atoms with van der Waals surface area (Å²) in [5.41, 5.74) is 6.33. The van der Waals surface area contributed by atoms with Gasteiger partial charge in [0.1, 0.15) is 6.42 Å². The zero-order chi connectivity index (χ0) is 9.68. The number of nitrogens with two attached hydrogens (primary N) is 1. The molecule has 65 valence electrons. The number of rotatable bonds is 3. The van der Waals surface area contributed by atoms with Crippen molar-refractivity contribution in [3.8, 4) is 6.07 Å². The molecule has 0 spiro atoms. The monoisotopic (exact) mass is 174 g/mol. The average Bonchev–Trinajstić information content (AvgIpc) is 2.08. The summed E-state index contributed by atoms with van der Waals surface area (Å²) in [6.45, 7) is 0. The fourth-order valence-electron chi connectivity index (χ4n) is 0.893. The Morgan fingerprint density at radius 1 is 1.69 bits per heavy atom. The highest BCUT2D eigenvalue weighted by Gasteiger charge is 1.99. The third-order valence-electron chi connectivity index (χ3n) is 1.44. The SMILES string of the molecule is N#C[CH]c1ccc(CC(N)=O)cn1. The molecule has 0 saturated heterocycles. The van der Waals surface area contributed by atoms with E-state index in [2.05, 4.69) is 4.98 Å². The van der Waals surface area contributed by atoms with E-state index in [1.165, 1.54) is 12.6 Å². The van der Waals surface area contributed by atoms with Crippen LogP contribution in [0.15, 0.2) is 18.3 Å². The summed E-state index contributed by atoms with van der Waals surface area (Å²) in [4.78, 5) is 14.4. The molecule has 1 aromatic rings. The van der Waals surface area contributed by atoms with Crippen LogP contribution in [0.3, 0.4) is 0 Å². The molecule has 0 fully saturated rings. The molecule has 0 bridgehead atoms. The van der Waals surface area contributed by atoms with Gasteiger partial charge in [0, 0.05) is 6.20 Å². The van der Waals surface area contributed by atoms with Gasteiger partial charge in [-0.05, 0) is 11.6 Å². The number of carbonyl (C=O) groups excluding carboxylic acids is 1. The summed E-state index contributed by atoms with van der Waals surface area (Å²) in [5.74, 6) is -0.390. The van der Waals surface area contributed by atoms with E-state index >= 15 is 0 Å². The largest absolute Gasteiger partial charge is 0.369 e. The lowest BCUT2D eigenvalue weighted by molar-refractivity contribution is -0.117. The lowest BCUT2D eigenvalue weighted by atomic mass is 10.2. The zero-order valence-electron chi connectivity index (χ0n) is 6.90.